The molecule has 130 valence electrons. The number of nitrogens with zero attached hydrogens (tertiary/aromatic N) is 2. The molecule has 0 atom stereocenters. The molecule has 1 aromatic carbocycles. The molecule has 3 heteroatoms. The van der Waals surface area contributed by atoms with Gasteiger partial charge in [-0.25, -0.2) is 0 Å². The predicted octanol–water partition coefficient (Wildman–Crippen LogP) is 5.90. The quantitative estimate of drug-likeness (QED) is 0.566. The Kier molecular flexibility index (Phi) is 6.45. The van der Waals surface area contributed by atoms with E-state index in [1.807, 2.05) is 6.07 Å². The molecular weight excluding hydrogens is 296 g/mol. The van der Waals surface area contributed by atoms with Crippen molar-refractivity contribution in [3.8, 4) is 0 Å². The predicted molar refractivity (Wildman–Crippen MR) is 97.0 cm³/mol. The van der Waals surface area contributed by atoms with Crippen molar-refractivity contribution in [2.24, 2.45) is 5.92 Å². The second kappa shape index (κ2) is 9.00. The van der Waals surface area contributed by atoms with Gasteiger partial charge in [-0.05, 0) is 37.2 Å². The number of hydrogen-bond acceptors (Lipinski definition) is 3. The molecule has 0 N–H and O–H groups in total. The first-order valence-electron chi connectivity index (χ1n) is 9.71. The Morgan fingerprint density at radius 3 is 2.54 bits per heavy atom. The van der Waals surface area contributed by atoms with Gasteiger partial charge in [-0.15, -0.1) is 0 Å². The Morgan fingerprint density at radius 2 is 1.79 bits per heavy atom. The normalized spacial score (nSPS) is 21.0. The van der Waals surface area contributed by atoms with Gasteiger partial charge in [-0.1, -0.05) is 74.5 Å². The third-order valence-corrected chi connectivity index (χ3v) is 5.35. The summed E-state index contributed by atoms with van der Waals surface area (Å²) in [6.07, 6.45) is 12.8. The van der Waals surface area contributed by atoms with Crippen LogP contribution in [0.1, 0.15) is 87.9 Å². The van der Waals surface area contributed by atoms with E-state index >= 15 is 0 Å². The van der Waals surface area contributed by atoms with Crippen molar-refractivity contribution >= 4 is 0 Å². The molecular formula is C21H30N2O. The largest absolute Gasteiger partial charge is 0.339 e. The van der Waals surface area contributed by atoms with Crippen molar-refractivity contribution in [3.63, 3.8) is 0 Å². The molecule has 1 aliphatic carbocycles. The fourth-order valence-electron chi connectivity index (χ4n) is 3.84. The SMILES string of the molecule is CCCCCCC1CCC(c2nc(Cc3ccccc3)no2)CC1. The van der Waals surface area contributed by atoms with E-state index in [1.165, 1.54) is 63.4 Å². The standard InChI is InChI=1S/C21H30N2O/c1-2-3-4-6-9-17-12-14-19(15-13-17)21-22-20(23-24-21)16-18-10-7-5-8-11-18/h5,7-8,10-11,17,19H,2-4,6,9,12-16H2,1H3. The van der Waals surface area contributed by atoms with Crippen LogP contribution < -0.4 is 0 Å². The van der Waals surface area contributed by atoms with Crippen LogP contribution >= 0.6 is 0 Å². The lowest BCUT2D eigenvalue weighted by atomic mass is 9.79. The maximum atomic E-state index is 5.56. The second-order valence-corrected chi connectivity index (χ2v) is 7.28. The zero-order valence-electron chi connectivity index (χ0n) is 14.9. The molecule has 0 saturated heterocycles. The highest BCUT2D eigenvalue weighted by molar-refractivity contribution is 5.18. The fourth-order valence-corrected chi connectivity index (χ4v) is 3.84. The highest BCUT2D eigenvalue weighted by Crippen LogP contribution is 2.37. The third-order valence-electron chi connectivity index (χ3n) is 5.35. The van der Waals surface area contributed by atoms with Crippen LogP contribution in [0.25, 0.3) is 0 Å². The van der Waals surface area contributed by atoms with Gasteiger partial charge in [0.05, 0.1) is 0 Å². The van der Waals surface area contributed by atoms with Crippen LogP contribution in [0.15, 0.2) is 34.9 Å². The van der Waals surface area contributed by atoms with E-state index in [4.69, 9.17) is 4.52 Å². The number of unbranched alkanes of at least 4 members (excludes halogenated alkanes) is 3. The van der Waals surface area contributed by atoms with Gasteiger partial charge in [-0.2, -0.15) is 4.98 Å². The Balaban J connectivity index is 1.45. The van der Waals surface area contributed by atoms with Gasteiger partial charge in [0.25, 0.3) is 0 Å². The number of hydrogen-bond donors (Lipinski definition) is 0. The highest BCUT2D eigenvalue weighted by atomic mass is 16.5. The van der Waals surface area contributed by atoms with Gasteiger partial charge in [-0.3, -0.25) is 0 Å². The molecule has 3 nitrogen and oxygen atoms in total. The minimum Gasteiger partial charge on any atom is -0.339 e. The van der Waals surface area contributed by atoms with Crippen LogP contribution in [-0.2, 0) is 6.42 Å². The maximum Gasteiger partial charge on any atom is 0.229 e. The molecule has 1 aromatic heterocycles. The van der Waals surface area contributed by atoms with Crippen molar-refractivity contribution in [1.29, 1.82) is 0 Å². The molecule has 3 rings (SSSR count). The van der Waals surface area contributed by atoms with Gasteiger partial charge < -0.3 is 4.52 Å². The van der Waals surface area contributed by atoms with Gasteiger partial charge in [0, 0.05) is 12.3 Å². The van der Waals surface area contributed by atoms with Crippen LogP contribution in [0.4, 0.5) is 0 Å². The van der Waals surface area contributed by atoms with E-state index in [-0.39, 0.29) is 0 Å². The first kappa shape index (κ1) is 17.2. The third kappa shape index (κ3) is 4.93. The Morgan fingerprint density at radius 1 is 1.00 bits per heavy atom. The summed E-state index contributed by atoms with van der Waals surface area (Å²) in [4.78, 5) is 4.66. The zero-order chi connectivity index (χ0) is 16.6. The van der Waals surface area contributed by atoms with Gasteiger partial charge in [0.1, 0.15) is 0 Å². The van der Waals surface area contributed by atoms with Gasteiger partial charge >= 0.3 is 0 Å². The van der Waals surface area contributed by atoms with Crippen molar-refractivity contribution in [2.45, 2.75) is 77.0 Å². The first-order chi connectivity index (χ1) is 11.8. The summed E-state index contributed by atoms with van der Waals surface area (Å²) in [5.41, 5.74) is 1.24. The van der Waals surface area contributed by atoms with Crippen molar-refractivity contribution in [1.82, 2.24) is 10.1 Å². The van der Waals surface area contributed by atoms with E-state index in [0.717, 1.165) is 24.1 Å². The minimum atomic E-state index is 0.480. The van der Waals surface area contributed by atoms with Crippen LogP contribution in [0.3, 0.4) is 0 Å². The molecule has 0 spiro atoms. The molecule has 1 fully saturated rings. The number of rotatable bonds is 8. The summed E-state index contributed by atoms with van der Waals surface area (Å²) in [6, 6.07) is 10.4. The lowest BCUT2D eigenvalue weighted by molar-refractivity contribution is 0.259. The van der Waals surface area contributed by atoms with E-state index < -0.39 is 0 Å². The van der Waals surface area contributed by atoms with Crippen molar-refractivity contribution in [2.75, 3.05) is 0 Å². The van der Waals surface area contributed by atoms with Crippen molar-refractivity contribution in [3.05, 3.63) is 47.6 Å². The summed E-state index contributed by atoms with van der Waals surface area (Å²) in [5.74, 6) is 3.09. The smallest absolute Gasteiger partial charge is 0.229 e. The van der Waals surface area contributed by atoms with Crippen LogP contribution in [-0.4, -0.2) is 10.1 Å². The minimum absolute atomic E-state index is 0.480. The van der Waals surface area contributed by atoms with E-state index in [0.29, 0.717) is 5.92 Å². The molecule has 2 aromatic rings. The summed E-state index contributed by atoms with van der Waals surface area (Å²) in [7, 11) is 0. The molecule has 1 saturated carbocycles. The highest BCUT2D eigenvalue weighted by Gasteiger charge is 2.26. The van der Waals surface area contributed by atoms with E-state index in [9.17, 15) is 0 Å². The van der Waals surface area contributed by atoms with Crippen LogP contribution in [0.5, 0.6) is 0 Å². The average molecular weight is 326 g/mol. The van der Waals surface area contributed by atoms with Gasteiger partial charge in [0.2, 0.25) is 5.89 Å². The maximum absolute atomic E-state index is 5.56. The summed E-state index contributed by atoms with van der Waals surface area (Å²) in [5, 5.41) is 4.19. The molecule has 0 radical (unpaired) electrons. The average Bonchev–Trinajstić information content (AvgIpc) is 3.09. The molecule has 0 amide bonds. The Hall–Kier alpha value is -1.64. The van der Waals surface area contributed by atoms with Crippen LogP contribution in [0, 0.1) is 5.92 Å². The lowest BCUT2D eigenvalue weighted by Crippen LogP contribution is -2.13. The zero-order valence-corrected chi connectivity index (χ0v) is 14.9. The molecule has 0 bridgehead atoms. The number of benzene rings is 1. The molecule has 0 unspecified atom stereocenters. The molecule has 1 aliphatic rings. The Labute approximate surface area is 145 Å². The lowest BCUT2D eigenvalue weighted by Gasteiger charge is -2.26. The van der Waals surface area contributed by atoms with Crippen molar-refractivity contribution < 1.29 is 4.52 Å². The molecule has 1 heterocycles. The second-order valence-electron chi connectivity index (χ2n) is 7.28. The first-order valence-corrected chi connectivity index (χ1v) is 9.71. The number of aromatic nitrogens is 2. The summed E-state index contributed by atoms with van der Waals surface area (Å²) >= 11 is 0. The Bertz CT molecular complexity index is 585. The topological polar surface area (TPSA) is 38.9 Å². The van der Waals surface area contributed by atoms with Gasteiger partial charge in [0.15, 0.2) is 5.82 Å². The van der Waals surface area contributed by atoms with Crippen LogP contribution in [0.2, 0.25) is 0 Å². The molecule has 24 heavy (non-hydrogen) atoms. The molecule has 0 aliphatic heterocycles. The summed E-state index contributed by atoms with van der Waals surface area (Å²) < 4.78 is 5.56. The summed E-state index contributed by atoms with van der Waals surface area (Å²) in [6.45, 7) is 2.28. The monoisotopic (exact) mass is 326 g/mol. The van der Waals surface area contributed by atoms with E-state index in [1.54, 1.807) is 0 Å². The van der Waals surface area contributed by atoms with E-state index in [2.05, 4.69) is 41.3 Å². The fraction of sp³-hybridized carbons (Fsp3) is 0.619.